The van der Waals surface area contributed by atoms with Crippen LogP contribution in [0.25, 0.3) is 0 Å². The number of anilines is 2. The number of non-ortho nitro benzene ring substituents is 1. The van der Waals surface area contributed by atoms with Crippen molar-refractivity contribution in [3.63, 3.8) is 0 Å². The van der Waals surface area contributed by atoms with E-state index in [-0.39, 0.29) is 11.3 Å². The van der Waals surface area contributed by atoms with Gasteiger partial charge in [-0.05, 0) is 43.3 Å². The molecule has 0 spiro atoms. The average molecular weight is 399 g/mol. The summed E-state index contributed by atoms with van der Waals surface area (Å²) in [6.45, 7) is 4.48. The Labute approximate surface area is 167 Å². The highest BCUT2D eigenvalue weighted by Crippen LogP contribution is 2.19. The molecule has 1 fully saturated rings. The second-order valence-electron chi connectivity index (χ2n) is 6.49. The molecule has 1 aliphatic heterocycles. The number of nitro groups is 1. The molecule has 9 heteroatoms. The van der Waals surface area contributed by atoms with Crippen molar-refractivity contribution in [2.45, 2.75) is 13.0 Å². The number of hydrogen-bond donors (Lipinski definition) is 1. The number of morpholine rings is 1. The van der Waals surface area contributed by atoms with E-state index in [1.807, 2.05) is 12.1 Å². The Balaban J connectivity index is 1.54. The molecule has 152 valence electrons. The maximum atomic E-state index is 12.3. The van der Waals surface area contributed by atoms with E-state index in [0.29, 0.717) is 18.9 Å². The molecule has 1 heterocycles. The Hall–Kier alpha value is -3.46. The van der Waals surface area contributed by atoms with Gasteiger partial charge in [0, 0.05) is 36.6 Å². The van der Waals surface area contributed by atoms with Gasteiger partial charge in [-0.2, -0.15) is 0 Å². The van der Waals surface area contributed by atoms with E-state index in [4.69, 9.17) is 9.47 Å². The van der Waals surface area contributed by atoms with Gasteiger partial charge < -0.3 is 19.7 Å². The van der Waals surface area contributed by atoms with Crippen LogP contribution in [-0.2, 0) is 14.3 Å². The number of carbonyl (C=O) groups is 2. The maximum Gasteiger partial charge on any atom is 0.338 e. The smallest absolute Gasteiger partial charge is 0.338 e. The van der Waals surface area contributed by atoms with Gasteiger partial charge in [-0.3, -0.25) is 14.9 Å². The quantitative estimate of drug-likeness (QED) is 0.451. The lowest BCUT2D eigenvalue weighted by atomic mass is 10.2. The van der Waals surface area contributed by atoms with Crippen LogP contribution in [0.4, 0.5) is 17.1 Å². The molecule has 0 aliphatic carbocycles. The first kappa shape index (κ1) is 20.3. The van der Waals surface area contributed by atoms with Crippen molar-refractivity contribution in [3.8, 4) is 0 Å². The summed E-state index contributed by atoms with van der Waals surface area (Å²) in [5, 5.41) is 13.4. The highest BCUT2D eigenvalue weighted by molar-refractivity contribution is 5.97. The van der Waals surface area contributed by atoms with E-state index in [1.165, 1.54) is 31.2 Å². The summed E-state index contributed by atoms with van der Waals surface area (Å²) in [5.74, 6) is -1.20. The third kappa shape index (κ3) is 5.29. The summed E-state index contributed by atoms with van der Waals surface area (Å²) < 4.78 is 10.5. The predicted octanol–water partition coefficient (Wildman–Crippen LogP) is 2.62. The number of carbonyl (C=O) groups excluding carboxylic acids is 2. The zero-order chi connectivity index (χ0) is 20.8. The minimum Gasteiger partial charge on any atom is -0.449 e. The summed E-state index contributed by atoms with van der Waals surface area (Å²) in [6, 6.07) is 12.4. The molecule has 0 radical (unpaired) electrons. The molecule has 2 aromatic carbocycles. The number of amides is 1. The van der Waals surface area contributed by atoms with Crippen molar-refractivity contribution in [1.82, 2.24) is 0 Å². The number of ether oxygens (including phenoxy) is 2. The van der Waals surface area contributed by atoms with Gasteiger partial charge in [0.05, 0.1) is 23.7 Å². The Kier molecular flexibility index (Phi) is 6.40. The van der Waals surface area contributed by atoms with Gasteiger partial charge in [0.15, 0.2) is 6.10 Å². The van der Waals surface area contributed by atoms with Crippen molar-refractivity contribution in [3.05, 3.63) is 64.2 Å². The third-order valence-electron chi connectivity index (χ3n) is 4.48. The first-order chi connectivity index (χ1) is 13.9. The van der Waals surface area contributed by atoms with Gasteiger partial charge in [0.25, 0.3) is 11.6 Å². The van der Waals surface area contributed by atoms with Gasteiger partial charge in [0.2, 0.25) is 0 Å². The molecule has 9 nitrogen and oxygen atoms in total. The zero-order valence-electron chi connectivity index (χ0n) is 15.9. The van der Waals surface area contributed by atoms with Crippen molar-refractivity contribution in [2.75, 3.05) is 36.5 Å². The first-order valence-corrected chi connectivity index (χ1v) is 9.13. The van der Waals surface area contributed by atoms with E-state index >= 15 is 0 Å². The minimum atomic E-state index is -1.03. The van der Waals surface area contributed by atoms with Gasteiger partial charge in [-0.15, -0.1) is 0 Å². The van der Waals surface area contributed by atoms with Gasteiger partial charge in [0.1, 0.15) is 0 Å². The number of benzene rings is 2. The largest absolute Gasteiger partial charge is 0.449 e. The van der Waals surface area contributed by atoms with Crippen molar-refractivity contribution in [1.29, 1.82) is 0 Å². The average Bonchev–Trinajstić information content (AvgIpc) is 2.74. The summed E-state index contributed by atoms with van der Waals surface area (Å²) in [7, 11) is 0. The fourth-order valence-corrected chi connectivity index (χ4v) is 2.82. The molecule has 1 amide bonds. The fourth-order valence-electron chi connectivity index (χ4n) is 2.82. The molecule has 0 unspecified atom stereocenters. The SMILES string of the molecule is C[C@H](OC(=O)c1ccc([N+](=O)[O-])cc1)C(=O)Nc1ccc(N2CCOCC2)cc1. The number of nitrogens with one attached hydrogen (secondary N) is 1. The van der Waals surface area contributed by atoms with Crippen LogP contribution in [0.5, 0.6) is 0 Å². The van der Waals surface area contributed by atoms with Crippen molar-refractivity contribution in [2.24, 2.45) is 0 Å². The van der Waals surface area contributed by atoms with Crippen LogP contribution in [-0.4, -0.2) is 49.2 Å². The van der Waals surface area contributed by atoms with Crippen LogP contribution >= 0.6 is 0 Å². The second-order valence-corrected chi connectivity index (χ2v) is 6.49. The maximum absolute atomic E-state index is 12.3. The predicted molar refractivity (Wildman–Crippen MR) is 106 cm³/mol. The monoisotopic (exact) mass is 399 g/mol. The minimum absolute atomic E-state index is 0.130. The number of esters is 1. The van der Waals surface area contributed by atoms with Gasteiger partial charge in [-0.25, -0.2) is 4.79 Å². The highest BCUT2D eigenvalue weighted by atomic mass is 16.6. The topological polar surface area (TPSA) is 111 Å². The van der Waals surface area contributed by atoms with Gasteiger partial charge >= 0.3 is 5.97 Å². The number of rotatable bonds is 6. The van der Waals surface area contributed by atoms with E-state index in [1.54, 1.807) is 12.1 Å². The molecule has 0 bridgehead atoms. The zero-order valence-corrected chi connectivity index (χ0v) is 15.9. The third-order valence-corrected chi connectivity index (χ3v) is 4.48. The molecular weight excluding hydrogens is 378 g/mol. The van der Waals surface area contributed by atoms with E-state index in [0.717, 1.165) is 18.8 Å². The van der Waals surface area contributed by atoms with Crippen LogP contribution in [0.2, 0.25) is 0 Å². The fraction of sp³-hybridized carbons (Fsp3) is 0.300. The standard InChI is InChI=1S/C20H21N3O6/c1-14(29-20(25)15-2-6-18(7-3-15)23(26)27)19(24)21-16-4-8-17(9-5-16)22-10-12-28-13-11-22/h2-9,14H,10-13H2,1H3,(H,21,24)/t14-/m0/s1. The molecule has 29 heavy (non-hydrogen) atoms. The lowest BCUT2D eigenvalue weighted by molar-refractivity contribution is -0.384. The molecular formula is C20H21N3O6. The van der Waals surface area contributed by atoms with Crippen molar-refractivity contribution < 1.29 is 24.0 Å². The summed E-state index contributed by atoms with van der Waals surface area (Å²) in [4.78, 5) is 36.7. The summed E-state index contributed by atoms with van der Waals surface area (Å²) >= 11 is 0. The normalized spacial score (nSPS) is 14.7. The Morgan fingerprint density at radius 2 is 1.72 bits per heavy atom. The Bertz CT molecular complexity index is 876. The van der Waals surface area contributed by atoms with Crippen molar-refractivity contribution >= 4 is 28.9 Å². The lowest BCUT2D eigenvalue weighted by Gasteiger charge is -2.28. The van der Waals surface area contributed by atoms with Gasteiger partial charge in [-0.1, -0.05) is 0 Å². The van der Waals surface area contributed by atoms with Crippen LogP contribution in [0.15, 0.2) is 48.5 Å². The molecule has 0 aromatic heterocycles. The van der Waals surface area contributed by atoms with E-state index < -0.39 is 22.9 Å². The second kappa shape index (κ2) is 9.16. The first-order valence-electron chi connectivity index (χ1n) is 9.13. The molecule has 1 aliphatic rings. The Morgan fingerprint density at radius 1 is 1.10 bits per heavy atom. The van der Waals surface area contributed by atoms with Crippen LogP contribution in [0.3, 0.4) is 0 Å². The Morgan fingerprint density at radius 3 is 2.31 bits per heavy atom. The van der Waals surface area contributed by atoms with E-state index in [2.05, 4.69) is 10.2 Å². The molecule has 3 rings (SSSR count). The van der Waals surface area contributed by atoms with Crippen LogP contribution in [0, 0.1) is 10.1 Å². The number of nitro benzene ring substituents is 1. The lowest BCUT2D eigenvalue weighted by Crippen LogP contribution is -2.36. The molecule has 0 saturated carbocycles. The molecule has 1 N–H and O–H groups in total. The van der Waals surface area contributed by atoms with Crippen LogP contribution in [0.1, 0.15) is 17.3 Å². The number of nitrogens with zero attached hydrogens (tertiary/aromatic N) is 2. The summed E-state index contributed by atoms with van der Waals surface area (Å²) in [6.07, 6.45) is -1.03. The van der Waals surface area contributed by atoms with E-state index in [9.17, 15) is 19.7 Å². The van der Waals surface area contributed by atoms with Crippen LogP contribution < -0.4 is 10.2 Å². The number of hydrogen-bond acceptors (Lipinski definition) is 7. The molecule has 1 saturated heterocycles. The highest BCUT2D eigenvalue weighted by Gasteiger charge is 2.20. The summed E-state index contributed by atoms with van der Waals surface area (Å²) in [5.41, 5.74) is 1.63. The molecule has 1 atom stereocenters. The molecule has 2 aromatic rings.